The number of rotatable bonds is 7. The minimum absolute atomic E-state index is 0.0233. The van der Waals surface area contributed by atoms with Gasteiger partial charge in [-0.15, -0.1) is 10.2 Å². The molecule has 1 aromatic carbocycles. The van der Waals surface area contributed by atoms with Crippen LogP contribution in [0.1, 0.15) is 17.3 Å². The highest BCUT2D eigenvalue weighted by Gasteiger charge is 2.11. The van der Waals surface area contributed by atoms with Gasteiger partial charge in [-0.25, -0.2) is 0 Å². The van der Waals surface area contributed by atoms with Crippen LogP contribution in [0.25, 0.3) is 5.65 Å². The Morgan fingerprint density at radius 2 is 1.92 bits per heavy atom. The number of aliphatic hydroxyl groups is 1. The molecule has 136 valence electrons. The highest BCUT2D eigenvalue weighted by molar-refractivity contribution is 5.79. The largest absolute Gasteiger partial charge is 0.396 e. The van der Waals surface area contributed by atoms with Crippen LogP contribution >= 0.6 is 0 Å². The average molecular weight is 352 g/mol. The SMILES string of the molecule is CN=C(NCCc1nnc2ccccn12)NCC(CO)c1ccccc1. The monoisotopic (exact) mass is 352 g/mol. The molecule has 0 aliphatic heterocycles. The Morgan fingerprint density at radius 1 is 1.12 bits per heavy atom. The van der Waals surface area contributed by atoms with E-state index in [2.05, 4.69) is 25.8 Å². The van der Waals surface area contributed by atoms with Crippen LogP contribution in [0.5, 0.6) is 0 Å². The summed E-state index contributed by atoms with van der Waals surface area (Å²) in [6.07, 6.45) is 2.69. The average Bonchev–Trinajstić information content (AvgIpc) is 3.11. The lowest BCUT2D eigenvalue weighted by Crippen LogP contribution is -2.40. The lowest BCUT2D eigenvalue weighted by Gasteiger charge is -2.18. The van der Waals surface area contributed by atoms with Gasteiger partial charge < -0.3 is 15.7 Å². The van der Waals surface area contributed by atoms with Crippen molar-refractivity contribution < 1.29 is 5.11 Å². The highest BCUT2D eigenvalue weighted by Crippen LogP contribution is 2.13. The minimum atomic E-state index is 0.0233. The molecule has 2 aromatic heterocycles. The van der Waals surface area contributed by atoms with Gasteiger partial charge in [0.2, 0.25) is 0 Å². The molecule has 2 heterocycles. The number of hydrogen-bond donors (Lipinski definition) is 3. The minimum Gasteiger partial charge on any atom is -0.396 e. The van der Waals surface area contributed by atoms with Crippen molar-refractivity contribution in [3.63, 3.8) is 0 Å². The van der Waals surface area contributed by atoms with E-state index in [1.165, 1.54) is 0 Å². The maximum Gasteiger partial charge on any atom is 0.191 e. The number of guanidine groups is 1. The van der Waals surface area contributed by atoms with Crippen molar-refractivity contribution in [2.45, 2.75) is 12.3 Å². The molecule has 1 unspecified atom stereocenters. The molecule has 1 atom stereocenters. The van der Waals surface area contributed by atoms with E-state index in [0.717, 1.165) is 23.5 Å². The van der Waals surface area contributed by atoms with Crippen molar-refractivity contribution in [2.24, 2.45) is 4.99 Å². The number of hydrogen-bond acceptors (Lipinski definition) is 4. The first kappa shape index (κ1) is 17.9. The van der Waals surface area contributed by atoms with Crippen LogP contribution in [0.3, 0.4) is 0 Å². The van der Waals surface area contributed by atoms with Gasteiger partial charge in [0.15, 0.2) is 11.6 Å². The summed E-state index contributed by atoms with van der Waals surface area (Å²) in [5.41, 5.74) is 1.95. The van der Waals surface area contributed by atoms with Gasteiger partial charge in [0, 0.05) is 38.7 Å². The molecule has 0 spiro atoms. The van der Waals surface area contributed by atoms with Crippen LogP contribution in [0.4, 0.5) is 0 Å². The smallest absolute Gasteiger partial charge is 0.191 e. The van der Waals surface area contributed by atoms with Crippen LogP contribution in [0.2, 0.25) is 0 Å². The molecular weight excluding hydrogens is 328 g/mol. The number of benzene rings is 1. The molecule has 3 rings (SSSR count). The predicted octanol–water partition coefficient (Wildman–Crippen LogP) is 1.21. The van der Waals surface area contributed by atoms with Crippen LogP contribution in [0, 0.1) is 0 Å². The van der Waals surface area contributed by atoms with Crippen molar-refractivity contribution in [3.8, 4) is 0 Å². The van der Waals surface area contributed by atoms with Gasteiger partial charge in [0.1, 0.15) is 5.82 Å². The summed E-state index contributed by atoms with van der Waals surface area (Å²) >= 11 is 0. The van der Waals surface area contributed by atoms with Crippen molar-refractivity contribution >= 4 is 11.6 Å². The number of nitrogens with one attached hydrogen (secondary N) is 2. The first-order valence-electron chi connectivity index (χ1n) is 8.70. The van der Waals surface area contributed by atoms with E-state index < -0.39 is 0 Å². The zero-order chi connectivity index (χ0) is 18.2. The summed E-state index contributed by atoms with van der Waals surface area (Å²) in [6, 6.07) is 15.8. The van der Waals surface area contributed by atoms with Crippen molar-refractivity contribution in [1.29, 1.82) is 0 Å². The maximum absolute atomic E-state index is 9.65. The zero-order valence-electron chi connectivity index (χ0n) is 14.8. The molecule has 0 aliphatic rings. The molecular formula is C19H24N6O. The number of nitrogens with zero attached hydrogens (tertiary/aromatic N) is 4. The highest BCUT2D eigenvalue weighted by atomic mass is 16.3. The topological polar surface area (TPSA) is 86.8 Å². The van der Waals surface area contributed by atoms with Crippen molar-refractivity contribution in [1.82, 2.24) is 25.2 Å². The Hall–Kier alpha value is -2.93. The van der Waals surface area contributed by atoms with Gasteiger partial charge in [0.05, 0.1) is 6.61 Å². The van der Waals surface area contributed by atoms with E-state index in [1.54, 1.807) is 7.05 Å². The quantitative estimate of drug-likeness (QED) is 0.440. The van der Waals surface area contributed by atoms with Gasteiger partial charge in [0.25, 0.3) is 0 Å². The third-order valence-electron chi connectivity index (χ3n) is 4.26. The van der Waals surface area contributed by atoms with Crippen LogP contribution in [-0.4, -0.2) is 52.4 Å². The van der Waals surface area contributed by atoms with Gasteiger partial charge in [-0.3, -0.25) is 9.39 Å². The lowest BCUT2D eigenvalue weighted by atomic mass is 10.0. The molecule has 0 bridgehead atoms. The fourth-order valence-electron chi connectivity index (χ4n) is 2.81. The Bertz CT molecular complexity index is 845. The molecule has 0 radical (unpaired) electrons. The zero-order valence-corrected chi connectivity index (χ0v) is 14.8. The molecule has 7 nitrogen and oxygen atoms in total. The third kappa shape index (κ3) is 4.37. The Kier molecular flexibility index (Phi) is 6.16. The summed E-state index contributed by atoms with van der Waals surface area (Å²) in [4.78, 5) is 4.24. The number of fused-ring (bicyclic) bond motifs is 1. The second-order valence-corrected chi connectivity index (χ2v) is 5.97. The van der Waals surface area contributed by atoms with Gasteiger partial charge in [-0.05, 0) is 17.7 Å². The lowest BCUT2D eigenvalue weighted by molar-refractivity contribution is 0.265. The van der Waals surface area contributed by atoms with Crippen LogP contribution in [0.15, 0.2) is 59.7 Å². The van der Waals surface area contributed by atoms with E-state index in [4.69, 9.17) is 0 Å². The summed E-state index contributed by atoms with van der Waals surface area (Å²) in [7, 11) is 1.73. The molecule has 0 amide bonds. The predicted molar refractivity (Wildman–Crippen MR) is 102 cm³/mol. The van der Waals surface area contributed by atoms with Crippen LogP contribution in [-0.2, 0) is 6.42 Å². The Labute approximate surface area is 152 Å². The standard InChI is InChI=1S/C19H24N6O/c1-20-19(22-13-16(14-26)15-7-3-2-4-8-15)21-11-10-18-24-23-17-9-5-6-12-25(17)18/h2-9,12,16,26H,10-11,13-14H2,1H3,(H2,20,21,22). The fraction of sp³-hybridized carbons (Fsp3) is 0.316. The number of aliphatic hydroxyl groups excluding tert-OH is 1. The molecule has 7 heteroatoms. The molecule has 3 aromatic rings. The fourth-order valence-corrected chi connectivity index (χ4v) is 2.81. The molecule has 0 aliphatic carbocycles. The van der Waals surface area contributed by atoms with E-state index in [9.17, 15) is 5.11 Å². The number of aromatic nitrogens is 3. The molecule has 26 heavy (non-hydrogen) atoms. The number of aliphatic imine (C=N–C) groups is 1. The van der Waals surface area contributed by atoms with Crippen molar-refractivity contribution in [3.05, 3.63) is 66.1 Å². The van der Waals surface area contributed by atoms with E-state index in [-0.39, 0.29) is 12.5 Å². The Morgan fingerprint density at radius 3 is 2.69 bits per heavy atom. The second-order valence-electron chi connectivity index (χ2n) is 5.97. The summed E-state index contributed by atoms with van der Waals surface area (Å²) in [5, 5.41) is 24.6. The van der Waals surface area contributed by atoms with Crippen LogP contribution < -0.4 is 10.6 Å². The summed E-state index contributed by atoms with van der Waals surface area (Å²) < 4.78 is 1.98. The van der Waals surface area contributed by atoms with Gasteiger partial charge in [-0.2, -0.15) is 0 Å². The summed E-state index contributed by atoms with van der Waals surface area (Å²) in [6.45, 7) is 1.37. The summed E-state index contributed by atoms with van der Waals surface area (Å²) in [5.74, 6) is 1.63. The maximum atomic E-state index is 9.65. The first-order chi connectivity index (χ1) is 12.8. The van der Waals surface area contributed by atoms with Crippen molar-refractivity contribution in [2.75, 3.05) is 26.7 Å². The van der Waals surface area contributed by atoms with Gasteiger partial charge >= 0.3 is 0 Å². The molecule has 0 saturated heterocycles. The molecule has 0 fully saturated rings. The Balaban J connectivity index is 1.50. The normalized spacial score (nSPS) is 12.9. The number of pyridine rings is 1. The van der Waals surface area contributed by atoms with Gasteiger partial charge in [-0.1, -0.05) is 36.4 Å². The molecule has 3 N–H and O–H groups in total. The van der Waals surface area contributed by atoms with E-state index >= 15 is 0 Å². The second kappa shape index (κ2) is 8.96. The van der Waals surface area contributed by atoms with E-state index in [1.807, 2.05) is 59.1 Å². The first-order valence-corrected chi connectivity index (χ1v) is 8.70. The molecule has 0 saturated carbocycles. The third-order valence-corrected chi connectivity index (χ3v) is 4.26. The van der Waals surface area contributed by atoms with E-state index in [0.29, 0.717) is 19.0 Å².